The molecule has 2 saturated heterocycles. The van der Waals surface area contributed by atoms with Gasteiger partial charge in [-0.25, -0.2) is 14.0 Å². The predicted octanol–water partition coefficient (Wildman–Crippen LogP) is 4.11. The fourth-order valence-electron chi connectivity index (χ4n) is 5.34. The third-order valence-corrected chi connectivity index (χ3v) is 7.51. The summed E-state index contributed by atoms with van der Waals surface area (Å²) in [6, 6.07) is 4.72. The van der Waals surface area contributed by atoms with Crippen LogP contribution in [0, 0.1) is 17.7 Å². The van der Waals surface area contributed by atoms with E-state index in [2.05, 4.69) is 20.7 Å². The molecular formula is C27H42ClFN4O5. The van der Waals surface area contributed by atoms with Crippen molar-refractivity contribution in [2.75, 3.05) is 60.2 Å². The molecule has 1 aromatic rings. The maximum Gasteiger partial charge on any atom is 0.406 e. The van der Waals surface area contributed by atoms with Gasteiger partial charge in [-0.2, -0.15) is 0 Å². The molecule has 2 aliphatic rings. The van der Waals surface area contributed by atoms with Crippen LogP contribution in [0.4, 0.5) is 14.0 Å². The molecule has 0 aromatic heterocycles. The Kier molecular flexibility index (Phi) is 12.9. The molecule has 0 bridgehead atoms. The van der Waals surface area contributed by atoms with Crippen molar-refractivity contribution in [2.24, 2.45) is 11.8 Å². The first-order valence-electron chi connectivity index (χ1n) is 13.6. The van der Waals surface area contributed by atoms with E-state index in [0.717, 1.165) is 51.7 Å². The number of hydrogen-bond acceptors (Lipinski definition) is 6. The van der Waals surface area contributed by atoms with Crippen molar-refractivity contribution in [3.8, 4) is 0 Å². The fraction of sp³-hybridized carbons (Fsp3) is 0.704. The number of likely N-dealkylation sites (N-methyl/N-ethyl adjacent to an activating group) is 1. The molecule has 4 atom stereocenters. The van der Waals surface area contributed by atoms with Crippen molar-refractivity contribution in [1.29, 1.82) is 0 Å². The average molecular weight is 557 g/mol. The second-order valence-electron chi connectivity index (χ2n) is 10.1. The van der Waals surface area contributed by atoms with Crippen molar-refractivity contribution in [3.05, 3.63) is 34.6 Å². The lowest BCUT2D eigenvalue weighted by Crippen LogP contribution is -2.52. The number of hydrogen-bond donors (Lipinski definition) is 3. The second kappa shape index (κ2) is 16.1. The van der Waals surface area contributed by atoms with E-state index in [1.807, 2.05) is 7.05 Å². The molecule has 214 valence electrons. The summed E-state index contributed by atoms with van der Waals surface area (Å²) in [7, 11) is 3.17. The molecule has 3 rings (SSSR count). The number of nitrogens with one attached hydrogen (secondary N) is 3. The van der Waals surface area contributed by atoms with Crippen LogP contribution in [0.3, 0.4) is 0 Å². The third-order valence-electron chi connectivity index (χ3n) is 7.22. The van der Waals surface area contributed by atoms with Crippen LogP contribution in [0.2, 0.25) is 5.02 Å². The van der Waals surface area contributed by atoms with Crippen molar-refractivity contribution in [1.82, 2.24) is 20.9 Å². The van der Waals surface area contributed by atoms with Gasteiger partial charge in [-0.1, -0.05) is 30.2 Å². The Labute approximate surface area is 230 Å². The molecule has 9 nitrogen and oxygen atoms in total. The number of ether oxygens (including phenoxy) is 3. The summed E-state index contributed by atoms with van der Waals surface area (Å²) in [5.74, 6) is -0.243. The summed E-state index contributed by atoms with van der Waals surface area (Å²) in [5.41, 5.74) is 0.351. The van der Waals surface area contributed by atoms with Gasteiger partial charge >= 0.3 is 12.1 Å². The highest BCUT2D eigenvalue weighted by atomic mass is 35.5. The number of carbonyl (C=O) groups excluding carboxylic acids is 2. The number of rotatable bonds is 11. The van der Waals surface area contributed by atoms with Crippen molar-refractivity contribution < 1.29 is 28.2 Å². The molecule has 1 aromatic carbocycles. The van der Waals surface area contributed by atoms with E-state index >= 15 is 4.39 Å². The smallest absolute Gasteiger partial charge is 0.406 e. The lowest BCUT2D eigenvalue weighted by Gasteiger charge is -2.38. The molecule has 0 unspecified atom stereocenters. The number of nitrogens with zero attached hydrogens (tertiary/aromatic N) is 1. The average Bonchev–Trinajstić information content (AvgIpc) is 3.19. The van der Waals surface area contributed by atoms with Crippen LogP contribution < -0.4 is 16.0 Å². The monoisotopic (exact) mass is 556 g/mol. The number of benzene rings is 1. The largest absolute Gasteiger partial charge is 0.453 e. The summed E-state index contributed by atoms with van der Waals surface area (Å²) in [5, 5.41) is 9.00. The van der Waals surface area contributed by atoms with Gasteiger partial charge < -0.3 is 35.1 Å². The number of urea groups is 1. The minimum absolute atomic E-state index is 0.0126. The lowest BCUT2D eigenvalue weighted by molar-refractivity contribution is -0.0106. The Morgan fingerprint density at radius 2 is 2.11 bits per heavy atom. The topological polar surface area (TPSA) is 101 Å². The number of alkyl carbamates (subject to hydrolysis) is 1. The van der Waals surface area contributed by atoms with E-state index in [-0.39, 0.29) is 36.2 Å². The van der Waals surface area contributed by atoms with Crippen LogP contribution >= 0.6 is 11.6 Å². The van der Waals surface area contributed by atoms with Gasteiger partial charge in [0.1, 0.15) is 5.82 Å². The summed E-state index contributed by atoms with van der Waals surface area (Å²) < 4.78 is 31.5. The van der Waals surface area contributed by atoms with Crippen LogP contribution in [0.15, 0.2) is 18.2 Å². The Hall–Kier alpha value is -2.14. The molecule has 2 aliphatic heterocycles. The molecule has 3 amide bonds. The Morgan fingerprint density at radius 3 is 2.89 bits per heavy atom. The molecule has 11 heteroatoms. The highest BCUT2D eigenvalue weighted by Crippen LogP contribution is 2.36. The molecular weight excluding hydrogens is 515 g/mol. The third kappa shape index (κ3) is 9.25. The predicted molar refractivity (Wildman–Crippen MR) is 144 cm³/mol. The number of amides is 3. The number of methoxy groups -OCH3 is 1. The summed E-state index contributed by atoms with van der Waals surface area (Å²) in [4.78, 5) is 26.5. The van der Waals surface area contributed by atoms with E-state index in [1.165, 1.54) is 13.2 Å². The van der Waals surface area contributed by atoms with Crippen molar-refractivity contribution in [3.63, 3.8) is 0 Å². The number of carbonyl (C=O) groups is 2. The quantitative estimate of drug-likeness (QED) is 0.355. The number of likely N-dealkylation sites (tertiary alicyclic amines) is 1. The number of halogens is 2. The molecule has 38 heavy (non-hydrogen) atoms. The van der Waals surface area contributed by atoms with Crippen molar-refractivity contribution >= 4 is 23.7 Å². The molecule has 2 fully saturated rings. The van der Waals surface area contributed by atoms with Gasteiger partial charge in [0.15, 0.2) is 0 Å². The minimum atomic E-state index is -0.625. The minimum Gasteiger partial charge on any atom is -0.453 e. The van der Waals surface area contributed by atoms with E-state index in [0.29, 0.717) is 31.1 Å². The van der Waals surface area contributed by atoms with E-state index in [4.69, 9.17) is 21.1 Å². The zero-order valence-electron chi connectivity index (χ0n) is 22.5. The summed E-state index contributed by atoms with van der Waals surface area (Å²) in [6.07, 6.45) is 4.55. The van der Waals surface area contributed by atoms with Gasteiger partial charge in [-0.15, -0.1) is 0 Å². The molecule has 2 heterocycles. The van der Waals surface area contributed by atoms with E-state index in [9.17, 15) is 9.59 Å². The second-order valence-corrected chi connectivity index (χ2v) is 10.5. The normalized spacial score (nSPS) is 21.7. The van der Waals surface area contributed by atoms with Crippen LogP contribution in [0.1, 0.15) is 50.2 Å². The lowest BCUT2D eigenvalue weighted by atomic mass is 9.88. The molecule has 0 spiro atoms. The molecule has 0 aliphatic carbocycles. The van der Waals surface area contributed by atoms with Gasteiger partial charge in [0.2, 0.25) is 0 Å². The van der Waals surface area contributed by atoms with Crippen LogP contribution in [0.25, 0.3) is 0 Å². The van der Waals surface area contributed by atoms with Gasteiger partial charge in [0.05, 0.1) is 24.8 Å². The Morgan fingerprint density at radius 1 is 1.26 bits per heavy atom. The first-order valence-corrected chi connectivity index (χ1v) is 14.0. The zero-order valence-corrected chi connectivity index (χ0v) is 23.2. The van der Waals surface area contributed by atoms with Gasteiger partial charge in [0, 0.05) is 56.9 Å². The molecule has 0 radical (unpaired) electrons. The fourth-order valence-corrected chi connectivity index (χ4v) is 5.52. The summed E-state index contributed by atoms with van der Waals surface area (Å²) in [6.45, 7) is 3.62. The Bertz CT molecular complexity index is 887. The summed E-state index contributed by atoms with van der Waals surface area (Å²) >= 11 is 6.08. The van der Waals surface area contributed by atoms with Crippen LogP contribution in [-0.2, 0) is 14.2 Å². The first-order chi connectivity index (χ1) is 18.4. The highest BCUT2D eigenvalue weighted by molar-refractivity contribution is 6.30. The van der Waals surface area contributed by atoms with Gasteiger partial charge in [0.25, 0.3) is 0 Å². The zero-order chi connectivity index (χ0) is 27.3. The van der Waals surface area contributed by atoms with Crippen LogP contribution in [-0.4, -0.2) is 83.2 Å². The first kappa shape index (κ1) is 30.4. The standard InChI is InChI=1S/C27H42ClFN4O5/c1-30-16-21(15-19-7-3-4-13-37-18-19)32-26(34)33-12-6-8-20(17-33)25(38-14-11-31-27(35)36-2)22-9-5-10-23(28)24(22)29/h5,9-10,19-21,25,30H,3-4,6-8,11-18H2,1-2H3,(H,31,35)(H,32,34)/t19-,20-,21+,25-/m1/s1. The molecule has 3 N–H and O–H groups in total. The maximum atomic E-state index is 15.1. The van der Waals surface area contributed by atoms with E-state index in [1.54, 1.807) is 17.0 Å². The number of piperidine rings is 1. The van der Waals surface area contributed by atoms with Gasteiger partial charge in [-0.3, -0.25) is 0 Å². The maximum absolute atomic E-state index is 15.1. The van der Waals surface area contributed by atoms with Crippen molar-refractivity contribution in [2.45, 2.75) is 50.7 Å². The van der Waals surface area contributed by atoms with Crippen LogP contribution in [0.5, 0.6) is 0 Å². The Balaban J connectivity index is 1.66. The SMILES string of the molecule is CNC[C@H](C[C@H]1CCCCOC1)NC(=O)N1CCC[C@@H]([C@@H](OCCNC(=O)OC)c2cccc(Cl)c2F)C1. The highest BCUT2D eigenvalue weighted by Gasteiger charge is 2.33. The van der Waals surface area contributed by atoms with Gasteiger partial charge in [-0.05, 0) is 51.1 Å². The van der Waals surface area contributed by atoms with E-state index < -0.39 is 18.0 Å². The molecule has 0 saturated carbocycles.